The maximum absolute atomic E-state index is 12.7. The number of hydrogen-bond acceptors (Lipinski definition) is 3. The van der Waals surface area contributed by atoms with Crippen LogP contribution in [0.3, 0.4) is 0 Å². The fraction of sp³-hybridized carbons (Fsp3) is 0.652. The van der Waals surface area contributed by atoms with E-state index in [-0.39, 0.29) is 30.1 Å². The van der Waals surface area contributed by atoms with Gasteiger partial charge in [-0.1, -0.05) is 43.4 Å². The number of carbonyl (C=O) groups excluding carboxylic acids is 2. The first kappa shape index (κ1) is 23.7. The van der Waals surface area contributed by atoms with Crippen LogP contribution in [0.1, 0.15) is 67.3 Å². The summed E-state index contributed by atoms with van der Waals surface area (Å²) in [4.78, 5) is 27.1. The molecule has 0 radical (unpaired) electrons. The Morgan fingerprint density at radius 1 is 0.966 bits per heavy atom. The molecule has 6 heteroatoms. The Morgan fingerprint density at radius 3 is 2.34 bits per heavy atom. The summed E-state index contributed by atoms with van der Waals surface area (Å²) in [6.07, 6.45) is 9.60. The van der Waals surface area contributed by atoms with Gasteiger partial charge in [-0.3, -0.25) is 9.59 Å². The molecule has 1 saturated heterocycles. The number of nitrogens with zero attached hydrogens (tertiary/aromatic N) is 1. The van der Waals surface area contributed by atoms with E-state index in [2.05, 4.69) is 10.6 Å². The van der Waals surface area contributed by atoms with Crippen LogP contribution in [0.4, 0.5) is 0 Å². The quantitative estimate of drug-likeness (QED) is 0.543. The molecule has 1 atom stereocenters. The molecule has 2 N–H and O–H groups in total. The molecule has 0 spiro atoms. The maximum atomic E-state index is 12.7. The van der Waals surface area contributed by atoms with Crippen LogP contribution in [-0.2, 0) is 4.79 Å². The van der Waals surface area contributed by atoms with Crippen LogP contribution in [-0.4, -0.2) is 48.9 Å². The van der Waals surface area contributed by atoms with E-state index in [1.54, 1.807) is 0 Å². The molecular formula is C23H36ClN3O2. The number of aryl methyl sites for hydroxylation is 1. The number of hydrogen-bond donors (Lipinski definition) is 2. The number of rotatable bonds is 6. The summed E-state index contributed by atoms with van der Waals surface area (Å²) in [5.74, 6) is 0.0256. The second-order valence-corrected chi connectivity index (χ2v) is 8.39. The van der Waals surface area contributed by atoms with Crippen LogP contribution in [0.2, 0.25) is 0 Å². The van der Waals surface area contributed by atoms with Crippen LogP contribution in [0.25, 0.3) is 0 Å². The molecule has 162 valence electrons. The zero-order valence-corrected chi connectivity index (χ0v) is 18.4. The van der Waals surface area contributed by atoms with E-state index in [1.165, 1.54) is 38.5 Å². The molecule has 2 fully saturated rings. The summed E-state index contributed by atoms with van der Waals surface area (Å²) in [6, 6.07) is 8.28. The van der Waals surface area contributed by atoms with Gasteiger partial charge in [0.05, 0.1) is 5.92 Å². The SMILES string of the molecule is Cc1ccc(C(=O)N2CCCC(C(=O)NCCNC3CCCCCC3)C2)cc1.Cl. The molecule has 1 saturated carbocycles. The molecule has 2 aliphatic rings. The van der Waals surface area contributed by atoms with Crippen LogP contribution < -0.4 is 10.6 Å². The summed E-state index contributed by atoms with van der Waals surface area (Å²) in [5.41, 5.74) is 1.85. The third-order valence-corrected chi connectivity index (χ3v) is 6.09. The number of piperidine rings is 1. The monoisotopic (exact) mass is 421 g/mol. The van der Waals surface area contributed by atoms with Gasteiger partial charge in [-0.2, -0.15) is 0 Å². The largest absolute Gasteiger partial charge is 0.355 e. The number of likely N-dealkylation sites (tertiary alicyclic amines) is 1. The lowest BCUT2D eigenvalue weighted by molar-refractivity contribution is -0.126. The second-order valence-electron chi connectivity index (χ2n) is 8.39. The molecule has 2 amide bonds. The average molecular weight is 422 g/mol. The van der Waals surface area contributed by atoms with Crippen molar-refractivity contribution in [3.05, 3.63) is 35.4 Å². The van der Waals surface area contributed by atoms with Gasteiger partial charge in [0.25, 0.3) is 5.91 Å². The molecule has 1 heterocycles. The van der Waals surface area contributed by atoms with E-state index in [9.17, 15) is 9.59 Å². The summed E-state index contributed by atoms with van der Waals surface area (Å²) in [5, 5.41) is 6.67. The van der Waals surface area contributed by atoms with E-state index in [0.717, 1.165) is 31.5 Å². The summed E-state index contributed by atoms with van der Waals surface area (Å²) in [6.45, 7) is 4.77. The molecule has 0 aromatic heterocycles. The van der Waals surface area contributed by atoms with E-state index in [4.69, 9.17) is 0 Å². The minimum Gasteiger partial charge on any atom is -0.355 e. The third-order valence-electron chi connectivity index (χ3n) is 6.09. The average Bonchev–Trinajstić information content (AvgIpc) is 3.00. The molecule has 0 bridgehead atoms. The Kier molecular flexibility index (Phi) is 9.95. The fourth-order valence-electron chi connectivity index (χ4n) is 4.34. The molecule has 3 rings (SSSR count). The summed E-state index contributed by atoms with van der Waals surface area (Å²) >= 11 is 0. The van der Waals surface area contributed by atoms with Crippen molar-refractivity contribution in [1.29, 1.82) is 0 Å². The predicted molar refractivity (Wildman–Crippen MR) is 120 cm³/mol. The van der Waals surface area contributed by atoms with Crippen molar-refractivity contribution >= 4 is 24.2 Å². The second kappa shape index (κ2) is 12.2. The first-order valence-electron chi connectivity index (χ1n) is 11.0. The highest BCUT2D eigenvalue weighted by Gasteiger charge is 2.28. The molecule has 1 aliphatic carbocycles. The van der Waals surface area contributed by atoms with Gasteiger partial charge in [-0.05, 0) is 44.7 Å². The Morgan fingerprint density at radius 2 is 1.66 bits per heavy atom. The highest BCUT2D eigenvalue weighted by molar-refractivity contribution is 5.94. The van der Waals surface area contributed by atoms with Crippen molar-refractivity contribution in [2.24, 2.45) is 5.92 Å². The minimum absolute atomic E-state index is 0. The van der Waals surface area contributed by atoms with Crippen molar-refractivity contribution < 1.29 is 9.59 Å². The van der Waals surface area contributed by atoms with Gasteiger partial charge in [0.1, 0.15) is 0 Å². The van der Waals surface area contributed by atoms with Crippen molar-refractivity contribution in [2.75, 3.05) is 26.2 Å². The smallest absolute Gasteiger partial charge is 0.253 e. The molecule has 5 nitrogen and oxygen atoms in total. The lowest BCUT2D eigenvalue weighted by atomic mass is 9.96. The Hall–Kier alpha value is -1.59. The number of halogens is 1. The van der Waals surface area contributed by atoms with Crippen molar-refractivity contribution in [1.82, 2.24) is 15.5 Å². The van der Waals surface area contributed by atoms with Crippen molar-refractivity contribution in [3.8, 4) is 0 Å². The standard InChI is InChI=1S/C23H35N3O2.ClH/c1-18-10-12-19(13-11-18)23(28)26-16-6-7-20(17-26)22(27)25-15-14-24-21-8-4-2-3-5-9-21;/h10-13,20-21,24H,2-9,14-17H2,1H3,(H,25,27);1H. The number of benzene rings is 1. The van der Waals surface area contributed by atoms with Crippen LogP contribution in [0, 0.1) is 12.8 Å². The topological polar surface area (TPSA) is 61.4 Å². The Balaban J connectivity index is 0.00000300. The number of amides is 2. The lowest BCUT2D eigenvalue weighted by Crippen LogP contribution is -2.46. The van der Waals surface area contributed by atoms with Gasteiger partial charge in [0, 0.05) is 37.8 Å². The highest BCUT2D eigenvalue weighted by atomic mass is 35.5. The van der Waals surface area contributed by atoms with E-state index in [0.29, 0.717) is 24.7 Å². The van der Waals surface area contributed by atoms with Gasteiger partial charge in [0.2, 0.25) is 5.91 Å². The number of carbonyl (C=O) groups is 2. The zero-order chi connectivity index (χ0) is 19.8. The molecular weight excluding hydrogens is 386 g/mol. The molecule has 1 unspecified atom stereocenters. The molecule has 29 heavy (non-hydrogen) atoms. The Labute approximate surface area is 181 Å². The summed E-state index contributed by atoms with van der Waals surface area (Å²) in [7, 11) is 0. The predicted octanol–water partition coefficient (Wildman–Crippen LogP) is 3.70. The van der Waals surface area contributed by atoms with E-state index < -0.39 is 0 Å². The molecule has 1 aromatic carbocycles. The van der Waals surface area contributed by atoms with Crippen LogP contribution in [0.15, 0.2) is 24.3 Å². The first-order chi connectivity index (χ1) is 13.6. The van der Waals surface area contributed by atoms with Gasteiger partial charge in [-0.25, -0.2) is 0 Å². The van der Waals surface area contributed by atoms with Crippen molar-refractivity contribution in [3.63, 3.8) is 0 Å². The van der Waals surface area contributed by atoms with E-state index >= 15 is 0 Å². The lowest BCUT2D eigenvalue weighted by Gasteiger charge is -2.32. The maximum Gasteiger partial charge on any atom is 0.253 e. The van der Waals surface area contributed by atoms with Gasteiger partial charge in [0.15, 0.2) is 0 Å². The highest BCUT2D eigenvalue weighted by Crippen LogP contribution is 2.19. The van der Waals surface area contributed by atoms with Gasteiger partial charge < -0.3 is 15.5 Å². The first-order valence-corrected chi connectivity index (χ1v) is 11.0. The third kappa shape index (κ3) is 7.31. The van der Waals surface area contributed by atoms with Crippen LogP contribution >= 0.6 is 12.4 Å². The van der Waals surface area contributed by atoms with Gasteiger partial charge >= 0.3 is 0 Å². The van der Waals surface area contributed by atoms with E-state index in [1.807, 2.05) is 36.1 Å². The van der Waals surface area contributed by atoms with Crippen LogP contribution in [0.5, 0.6) is 0 Å². The molecule has 1 aliphatic heterocycles. The zero-order valence-electron chi connectivity index (χ0n) is 17.6. The number of nitrogens with one attached hydrogen (secondary N) is 2. The Bertz CT molecular complexity index is 642. The fourth-order valence-corrected chi connectivity index (χ4v) is 4.34. The normalized spacial score (nSPS) is 20.4. The molecule has 1 aromatic rings. The minimum atomic E-state index is -0.0963. The van der Waals surface area contributed by atoms with Crippen molar-refractivity contribution in [2.45, 2.75) is 64.3 Å². The van der Waals surface area contributed by atoms with Gasteiger partial charge in [-0.15, -0.1) is 12.4 Å². The summed E-state index contributed by atoms with van der Waals surface area (Å²) < 4.78 is 0.